The monoisotopic (exact) mass is 308 g/mol. The molecular formula is C13H9ClN2O5. The molecule has 0 aliphatic heterocycles. The third-order valence-electron chi connectivity index (χ3n) is 2.61. The summed E-state index contributed by atoms with van der Waals surface area (Å²) in [6.07, 6.45) is 1.13. The van der Waals surface area contributed by atoms with E-state index in [1.165, 1.54) is 24.3 Å². The zero-order valence-corrected chi connectivity index (χ0v) is 11.5. The highest BCUT2D eigenvalue weighted by atomic mass is 35.5. The number of aromatic nitrogens is 1. The second-order valence-electron chi connectivity index (χ2n) is 4.13. The quantitative estimate of drug-likeness (QED) is 0.685. The average Bonchev–Trinajstić information content (AvgIpc) is 2.42. The highest BCUT2D eigenvalue weighted by molar-refractivity contribution is 6.32. The molecule has 0 radical (unpaired) electrons. The average molecular weight is 309 g/mol. The number of aromatic carboxylic acids is 1. The molecule has 0 spiro atoms. The number of nitrogens with zero attached hydrogens (tertiary/aromatic N) is 2. The minimum Gasteiger partial charge on any atom is -0.478 e. The van der Waals surface area contributed by atoms with Crippen LogP contribution in [0, 0.1) is 17.0 Å². The van der Waals surface area contributed by atoms with Crippen LogP contribution in [0.5, 0.6) is 11.6 Å². The zero-order valence-electron chi connectivity index (χ0n) is 10.7. The van der Waals surface area contributed by atoms with Gasteiger partial charge in [-0.15, -0.1) is 0 Å². The van der Waals surface area contributed by atoms with Gasteiger partial charge < -0.3 is 9.84 Å². The van der Waals surface area contributed by atoms with Crippen molar-refractivity contribution in [1.29, 1.82) is 0 Å². The first-order chi connectivity index (χ1) is 9.88. The second-order valence-corrected chi connectivity index (χ2v) is 4.53. The molecule has 1 N–H and O–H groups in total. The van der Waals surface area contributed by atoms with Gasteiger partial charge in [-0.25, -0.2) is 9.78 Å². The summed E-state index contributed by atoms with van der Waals surface area (Å²) in [7, 11) is 0. The predicted molar refractivity (Wildman–Crippen MR) is 74.1 cm³/mol. The van der Waals surface area contributed by atoms with Crippen LogP contribution in [0.15, 0.2) is 30.5 Å². The van der Waals surface area contributed by atoms with Gasteiger partial charge in [-0.1, -0.05) is 11.6 Å². The summed E-state index contributed by atoms with van der Waals surface area (Å²) < 4.78 is 5.43. The molecule has 0 saturated carbocycles. The van der Waals surface area contributed by atoms with E-state index in [0.29, 0.717) is 5.56 Å². The molecule has 1 aromatic heterocycles. The van der Waals surface area contributed by atoms with Crippen LogP contribution in [0.25, 0.3) is 0 Å². The molecule has 0 amide bonds. The van der Waals surface area contributed by atoms with Crippen LogP contribution in [-0.4, -0.2) is 21.0 Å². The number of nitro benzene ring substituents is 1. The van der Waals surface area contributed by atoms with Crippen LogP contribution in [0.1, 0.15) is 15.9 Å². The summed E-state index contributed by atoms with van der Waals surface area (Å²) in [5.74, 6) is -0.905. The molecule has 0 unspecified atom stereocenters. The van der Waals surface area contributed by atoms with E-state index in [1.54, 1.807) is 6.92 Å². The Morgan fingerprint density at radius 1 is 1.43 bits per heavy atom. The number of ether oxygens (including phenoxy) is 1. The Kier molecular flexibility index (Phi) is 4.04. The van der Waals surface area contributed by atoms with Crippen molar-refractivity contribution in [2.45, 2.75) is 6.92 Å². The number of carboxylic acids is 1. The normalized spacial score (nSPS) is 10.2. The van der Waals surface area contributed by atoms with E-state index in [1.807, 2.05) is 0 Å². The molecular weight excluding hydrogens is 300 g/mol. The van der Waals surface area contributed by atoms with Crippen molar-refractivity contribution in [3.05, 3.63) is 56.7 Å². The maximum absolute atomic E-state index is 10.8. The number of nitro groups is 1. The molecule has 108 valence electrons. The van der Waals surface area contributed by atoms with E-state index in [0.717, 1.165) is 6.20 Å². The van der Waals surface area contributed by atoms with Gasteiger partial charge in [-0.05, 0) is 19.1 Å². The Morgan fingerprint density at radius 2 is 2.14 bits per heavy atom. The van der Waals surface area contributed by atoms with E-state index in [9.17, 15) is 14.9 Å². The molecule has 0 saturated heterocycles. The van der Waals surface area contributed by atoms with Gasteiger partial charge in [0.2, 0.25) is 5.88 Å². The smallest absolute Gasteiger partial charge is 0.337 e. The maximum atomic E-state index is 10.8. The zero-order chi connectivity index (χ0) is 15.6. The summed E-state index contributed by atoms with van der Waals surface area (Å²) in [6, 6.07) is 5.16. The van der Waals surface area contributed by atoms with E-state index in [-0.39, 0.29) is 27.9 Å². The molecule has 0 atom stereocenters. The van der Waals surface area contributed by atoms with Crippen LogP contribution >= 0.6 is 11.6 Å². The fraction of sp³-hybridized carbons (Fsp3) is 0.0769. The number of hydrogen-bond acceptors (Lipinski definition) is 5. The predicted octanol–water partition coefficient (Wildman–Crippen LogP) is 3.44. The fourth-order valence-corrected chi connectivity index (χ4v) is 1.73. The standard InChI is InChI=1S/C13H9ClN2O5/c1-7-4-8(13(17)18)6-15-12(7)21-11-5-9(16(19)20)2-3-10(11)14/h2-6H,1H3,(H,17,18). The first kappa shape index (κ1) is 14.7. The van der Waals surface area contributed by atoms with Crippen molar-refractivity contribution < 1.29 is 19.6 Å². The lowest BCUT2D eigenvalue weighted by Crippen LogP contribution is -2.00. The van der Waals surface area contributed by atoms with Gasteiger partial charge in [0.1, 0.15) is 0 Å². The first-order valence-electron chi connectivity index (χ1n) is 5.70. The number of non-ortho nitro benzene ring substituents is 1. The van der Waals surface area contributed by atoms with Crippen LogP contribution in [-0.2, 0) is 0 Å². The fourth-order valence-electron chi connectivity index (χ4n) is 1.57. The lowest BCUT2D eigenvalue weighted by Gasteiger charge is -2.09. The molecule has 0 aliphatic rings. The van der Waals surface area contributed by atoms with E-state index in [2.05, 4.69) is 4.98 Å². The molecule has 2 rings (SSSR count). The van der Waals surface area contributed by atoms with Gasteiger partial charge in [0, 0.05) is 17.8 Å². The number of rotatable bonds is 4. The van der Waals surface area contributed by atoms with Gasteiger partial charge in [-0.3, -0.25) is 10.1 Å². The Labute approximate surface area is 123 Å². The largest absolute Gasteiger partial charge is 0.478 e. The van der Waals surface area contributed by atoms with Crippen LogP contribution in [0.4, 0.5) is 5.69 Å². The number of hydrogen-bond donors (Lipinski definition) is 1. The molecule has 21 heavy (non-hydrogen) atoms. The maximum Gasteiger partial charge on any atom is 0.337 e. The summed E-state index contributed by atoms with van der Waals surface area (Å²) in [5, 5.41) is 19.8. The lowest BCUT2D eigenvalue weighted by atomic mass is 10.2. The number of aryl methyl sites for hydroxylation is 1. The highest BCUT2D eigenvalue weighted by Gasteiger charge is 2.14. The Bertz CT molecular complexity index is 732. The highest BCUT2D eigenvalue weighted by Crippen LogP contribution is 2.33. The SMILES string of the molecule is Cc1cc(C(=O)O)cnc1Oc1cc([N+](=O)[O-])ccc1Cl. The Balaban J connectivity index is 2.36. The molecule has 8 heteroatoms. The van der Waals surface area contributed by atoms with E-state index in [4.69, 9.17) is 21.4 Å². The molecule has 0 bridgehead atoms. The van der Waals surface area contributed by atoms with Crippen LogP contribution in [0.3, 0.4) is 0 Å². The van der Waals surface area contributed by atoms with Crippen molar-refractivity contribution >= 4 is 23.3 Å². The number of benzene rings is 1. The summed E-state index contributed by atoms with van der Waals surface area (Å²) in [5.41, 5.74) is 0.316. The van der Waals surface area contributed by atoms with Gasteiger partial charge in [0.25, 0.3) is 5.69 Å². The third kappa shape index (κ3) is 3.26. The number of carboxylic acid groups (broad SMARTS) is 1. The second kappa shape index (κ2) is 5.76. The van der Waals surface area contributed by atoms with Crippen LogP contribution < -0.4 is 4.74 Å². The molecule has 0 fully saturated rings. The number of halogens is 1. The third-order valence-corrected chi connectivity index (χ3v) is 2.92. The van der Waals surface area contributed by atoms with Gasteiger partial charge in [0.05, 0.1) is 21.6 Å². The van der Waals surface area contributed by atoms with Crippen molar-refractivity contribution in [2.75, 3.05) is 0 Å². The van der Waals surface area contributed by atoms with Crippen LogP contribution in [0.2, 0.25) is 5.02 Å². The Morgan fingerprint density at radius 3 is 2.71 bits per heavy atom. The number of pyridine rings is 1. The number of carbonyl (C=O) groups is 1. The summed E-state index contributed by atoms with van der Waals surface area (Å²) in [6.45, 7) is 1.61. The van der Waals surface area contributed by atoms with Crippen molar-refractivity contribution in [2.24, 2.45) is 0 Å². The Hall–Kier alpha value is -2.67. The molecule has 0 aliphatic carbocycles. The van der Waals surface area contributed by atoms with Gasteiger partial charge >= 0.3 is 5.97 Å². The molecule has 1 heterocycles. The molecule has 2 aromatic rings. The van der Waals surface area contributed by atoms with E-state index < -0.39 is 10.9 Å². The topological polar surface area (TPSA) is 103 Å². The molecule has 7 nitrogen and oxygen atoms in total. The summed E-state index contributed by atoms with van der Waals surface area (Å²) >= 11 is 5.92. The van der Waals surface area contributed by atoms with Gasteiger partial charge in [-0.2, -0.15) is 0 Å². The molecule has 1 aromatic carbocycles. The minimum absolute atomic E-state index is 0.0185. The minimum atomic E-state index is -1.11. The first-order valence-corrected chi connectivity index (χ1v) is 6.08. The van der Waals surface area contributed by atoms with E-state index >= 15 is 0 Å². The van der Waals surface area contributed by atoms with Crippen molar-refractivity contribution in [1.82, 2.24) is 4.98 Å². The van der Waals surface area contributed by atoms with Crippen molar-refractivity contribution in [3.63, 3.8) is 0 Å². The lowest BCUT2D eigenvalue weighted by molar-refractivity contribution is -0.384. The summed E-state index contributed by atoms with van der Waals surface area (Å²) in [4.78, 5) is 24.9. The van der Waals surface area contributed by atoms with Crippen molar-refractivity contribution in [3.8, 4) is 11.6 Å². The van der Waals surface area contributed by atoms with Gasteiger partial charge in [0.15, 0.2) is 5.75 Å².